The normalized spacial score (nSPS) is 10.9. The lowest BCUT2D eigenvalue weighted by Crippen LogP contribution is -2.02. The van der Waals surface area contributed by atoms with Crippen LogP contribution >= 0.6 is 18.2 Å². The van der Waals surface area contributed by atoms with E-state index in [-0.39, 0.29) is 0 Å². The minimum absolute atomic E-state index is 0.519. The highest BCUT2D eigenvalue weighted by Crippen LogP contribution is 2.63. The van der Waals surface area contributed by atoms with Crippen LogP contribution in [0.5, 0.6) is 11.5 Å². The Morgan fingerprint density at radius 2 is 1.06 bits per heavy atom. The number of rotatable bonds is 12. The van der Waals surface area contributed by atoms with Crippen molar-refractivity contribution in [2.75, 3.05) is 0 Å². The van der Waals surface area contributed by atoms with Gasteiger partial charge in [-0.1, -0.05) is 72.8 Å². The molecule has 0 saturated heterocycles. The molecule has 0 spiro atoms. The molecule has 3 aromatic rings. The molecular formula is C27H27O3PS. The maximum absolute atomic E-state index is 14.2. The van der Waals surface area contributed by atoms with Crippen molar-refractivity contribution >= 4 is 18.2 Å². The second-order valence-electron chi connectivity index (χ2n) is 7.02. The lowest BCUT2D eigenvalue weighted by Gasteiger charge is -2.22. The number of hydrogen-bond donors (Lipinski definition) is 0. The van der Waals surface area contributed by atoms with Crippen LogP contribution in [0.4, 0.5) is 0 Å². The summed E-state index contributed by atoms with van der Waals surface area (Å²) in [5, 5.41) is 0. The van der Waals surface area contributed by atoms with Crippen molar-refractivity contribution < 1.29 is 13.6 Å². The Labute approximate surface area is 194 Å². The van der Waals surface area contributed by atoms with Crippen molar-refractivity contribution in [1.29, 1.82) is 0 Å². The van der Waals surface area contributed by atoms with Gasteiger partial charge in [-0.25, -0.2) is 4.57 Å². The lowest BCUT2D eigenvalue weighted by atomic mass is 10.1. The predicted molar refractivity (Wildman–Crippen MR) is 136 cm³/mol. The summed E-state index contributed by atoms with van der Waals surface area (Å²) in [4.78, 5) is 0.832. The Kier molecular flexibility index (Phi) is 8.61. The molecule has 3 nitrogen and oxygen atoms in total. The second-order valence-corrected chi connectivity index (χ2v) is 10.8. The van der Waals surface area contributed by atoms with Crippen LogP contribution in [0.3, 0.4) is 0 Å². The van der Waals surface area contributed by atoms with Gasteiger partial charge in [0.1, 0.15) is 11.5 Å². The molecule has 0 aliphatic carbocycles. The van der Waals surface area contributed by atoms with Gasteiger partial charge in [0.25, 0.3) is 0 Å². The SMILES string of the molecule is C=CCc1ccccc1OP(=O)(Oc1ccccc1CC=C)Sc1ccccc1CC=C. The Morgan fingerprint density at radius 1 is 0.656 bits per heavy atom. The van der Waals surface area contributed by atoms with E-state index in [0.29, 0.717) is 30.8 Å². The molecule has 3 aromatic carbocycles. The van der Waals surface area contributed by atoms with E-state index in [1.54, 1.807) is 24.3 Å². The van der Waals surface area contributed by atoms with Gasteiger partial charge in [-0.2, -0.15) is 0 Å². The fourth-order valence-corrected chi connectivity index (χ4v) is 6.73. The zero-order valence-electron chi connectivity index (χ0n) is 18.0. The molecule has 0 aliphatic heterocycles. The summed E-state index contributed by atoms with van der Waals surface area (Å²) < 4.78 is 26.5. The molecule has 0 atom stereocenters. The first kappa shape index (κ1) is 23.7. The Balaban J connectivity index is 2.03. The van der Waals surface area contributed by atoms with E-state index in [1.807, 2.05) is 66.7 Å². The van der Waals surface area contributed by atoms with E-state index >= 15 is 0 Å². The summed E-state index contributed by atoms with van der Waals surface area (Å²) in [5.74, 6) is 1.04. The minimum Gasteiger partial charge on any atom is -0.408 e. The van der Waals surface area contributed by atoms with Crippen LogP contribution in [0.15, 0.2) is 116 Å². The lowest BCUT2D eigenvalue weighted by molar-refractivity contribution is 0.405. The van der Waals surface area contributed by atoms with E-state index in [1.165, 1.54) is 0 Å². The Morgan fingerprint density at radius 3 is 1.56 bits per heavy atom. The van der Waals surface area contributed by atoms with Crippen LogP contribution in [-0.4, -0.2) is 0 Å². The third kappa shape index (κ3) is 6.29. The van der Waals surface area contributed by atoms with Gasteiger partial charge in [0.2, 0.25) is 0 Å². The van der Waals surface area contributed by atoms with Gasteiger partial charge in [0.15, 0.2) is 0 Å². The number of allylic oxidation sites excluding steroid dienone is 3. The average molecular weight is 463 g/mol. The maximum atomic E-state index is 14.2. The highest BCUT2D eigenvalue weighted by Gasteiger charge is 2.33. The van der Waals surface area contributed by atoms with Gasteiger partial charge in [-0.3, -0.25) is 0 Å². The zero-order valence-corrected chi connectivity index (χ0v) is 19.7. The van der Waals surface area contributed by atoms with Crippen LogP contribution in [0.1, 0.15) is 16.7 Å². The largest absolute Gasteiger partial charge is 0.497 e. The summed E-state index contributed by atoms with van der Waals surface area (Å²) in [6, 6.07) is 22.8. The third-order valence-corrected chi connectivity index (χ3v) is 8.01. The molecule has 0 fully saturated rings. The van der Waals surface area contributed by atoms with E-state index in [0.717, 1.165) is 33.0 Å². The summed E-state index contributed by atoms with van der Waals surface area (Å²) in [6.45, 7) is 7.74. The van der Waals surface area contributed by atoms with E-state index in [2.05, 4.69) is 19.7 Å². The van der Waals surface area contributed by atoms with Crippen LogP contribution in [0.25, 0.3) is 0 Å². The molecular weight excluding hydrogens is 435 g/mol. The first-order valence-electron chi connectivity index (χ1n) is 10.3. The molecule has 32 heavy (non-hydrogen) atoms. The quantitative estimate of drug-likeness (QED) is 0.201. The maximum Gasteiger partial charge on any atom is 0.497 e. The van der Waals surface area contributed by atoms with Gasteiger partial charge in [-0.15, -0.1) is 19.7 Å². The molecule has 0 radical (unpaired) electrons. The molecule has 0 bridgehead atoms. The first-order chi connectivity index (χ1) is 15.6. The molecule has 5 heteroatoms. The van der Waals surface area contributed by atoms with Gasteiger partial charge in [0, 0.05) is 16.3 Å². The molecule has 0 aromatic heterocycles. The Hall–Kier alpha value is -2.94. The molecule has 0 unspecified atom stereocenters. The van der Waals surface area contributed by atoms with Crippen molar-refractivity contribution in [3.8, 4) is 11.5 Å². The summed E-state index contributed by atoms with van der Waals surface area (Å²) >= 11 is 1.11. The summed E-state index contributed by atoms with van der Waals surface area (Å²) in [6.07, 6.45) is 7.26. The molecule has 0 N–H and O–H groups in total. The average Bonchev–Trinajstić information content (AvgIpc) is 2.78. The van der Waals surface area contributed by atoms with Crippen molar-refractivity contribution in [2.24, 2.45) is 0 Å². The Bertz CT molecular complexity index is 998. The summed E-state index contributed by atoms with van der Waals surface area (Å²) in [5.41, 5.74) is 2.80. The van der Waals surface area contributed by atoms with E-state index < -0.39 is 6.80 Å². The van der Waals surface area contributed by atoms with E-state index in [4.69, 9.17) is 9.05 Å². The number of hydrogen-bond acceptors (Lipinski definition) is 4. The summed E-state index contributed by atoms with van der Waals surface area (Å²) in [7, 11) is 0. The smallest absolute Gasteiger partial charge is 0.408 e. The number of benzene rings is 3. The highest BCUT2D eigenvalue weighted by atomic mass is 32.7. The first-order valence-corrected chi connectivity index (χ1v) is 13.3. The van der Waals surface area contributed by atoms with E-state index in [9.17, 15) is 4.57 Å². The van der Waals surface area contributed by atoms with Crippen LogP contribution in [-0.2, 0) is 23.8 Å². The second kappa shape index (κ2) is 11.6. The van der Waals surface area contributed by atoms with Crippen LogP contribution in [0.2, 0.25) is 0 Å². The fraction of sp³-hybridized carbons (Fsp3) is 0.111. The standard InChI is InChI=1S/C27H27O3PS/c1-4-13-22-16-7-10-19-25(22)29-31(28,30-26-20-11-8-17-23(26)14-5-2)32-27-21-12-9-18-24(27)15-6-3/h4-12,16-21H,1-3,13-15H2. The zero-order chi connectivity index (χ0) is 22.8. The monoisotopic (exact) mass is 462 g/mol. The van der Waals surface area contributed by atoms with Gasteiger partial charge >= 0.3 is 6.80 Å². The molecule has 3 rings (SSSR count). The van der Waals surface area contributed by atoms with Crippen molar-refractivity contribution in [1.82, 2.24) is 0 Å². The molecule has 0 saturated carbocycles. The predicted octanol–water partition coefficient (Wildman–Crippen LogP) is 8.23. The minimum atomic E-state index is -3.72. The van der Waals surface area contributed by atoms with Crippen molar-refractivity contribution in [3.05, 3.63) is 127 Å². The van der Waals surface area contributed by atoms with Gasteiger partial charge in [-0.05, 0) is 54.2 Å². The molecule has 0 amide bonds. The van der Waals surface area contributed by atoms with Gasteiger partial charge in [0.05, 0.1) is 0 Å². The van der Waals surface area contributed by atoms with Crippen molar-refractivity contribution in [3.63, 3.8) is 0 Å². The number of para-hydroxylation sites is 2. The van der Waals surface area contributed by atoms with Crippen LogP contribution in [0, 0.1) is 0 Å². The van der Waals surface area contributed by atoms with Crippen LogP contribution < -0.4 is 9.05 Å². The topological polar surface area (TPSA) is 35.5 Å². The fourth-order valence-electron chi connectivity index (χ4n) is 3.17. The highest BCUT2D eigenvalue weighted by molar-refractivity contribution is 8.55. The van der Waals surface area contributed by atoms with Crippen molar-refractivity contribution in [2.45, 2.75) is 24.2 Å². The molecule has 0 heterocycles. The molecule has 164 valence electrons. The van der Waals surface area contributed by atoms with Gasteiger partial charge < -0.3 is 9.05 Å². The third-order valence-electron chi connectivity index (χ3n) is 4.64. The molecule has 0 aliphatic rings.